The third-order valence-electron chi connectivity index (χ3n) is 1.75. The first-order valence-corrected chi connectivity index (χ1v) is 4.57. The van der Waals surface area contributed by atoms with Crippen molar-refractivity contribution in [2.75, 3.05) is 14.2 Å². The van der Waals surface area contributed by atoms with Crippen molar-refractivity contribution >= 4 is 12.0 Å². The van der Waals surface area contributed by atoms with Gasteiger partial charge < -0.3 is 15.2 Å². The molecule has 6 heteroatoms. The maximum Gasteiger partial charge on any atom is 0.319 e. The SMILES string of the molecule is COc1ncc(C=CCC(N)=O)c(OC)n1. The Labute approximate surface area is 93.1 Å². The van der Waals surface area contributed by atoms with E-state index in [2.05, 4.69) is 9.97 Å². The lowest BCUT2D eigenvalue weighted by Crippen LogP contribution is -2.07. The van der Waals surface area contributed by atoms with Crippen molar-refractivity contribution in [2.45, 2.75) is 6.42 Å². The second-order valence-electron chi connectivity index (χ2n) is 2.89. The highest BCUT2D eigenvalue weighted by atomic mass is 16.5. The number of primary amides is 1. The van der Waals surface area contributed by atoms with Crippen molar-refractivity contribution in [3.05, 3.63) is 17.8 Å². The van der Waals surface area contributed by atoms with Crippen LogP contribution in [0.15, 0.2) is 12.3 Å². The number of ether oxygens (including phenoxy) is 2. The zero-order chi connectivity index (χ0) is 12.0. The standard InChI is InChI=1S/C10H13N3O3/c1-15-9-7(4-3-5-8(11)14)6-12-10(13-9)16-2/h3-4,6H,5H2,1-2H3,(H2,11,14). The second kappa shape index (κ2) is 5.69. The van der Waals surface area contributed by atoms with Crippen molar-refractivity contribution < 1.29 is 14.3 Å². The van der Waals surface area contributed by atoms with Crippen molar-refractivity contribution in [1.29, 1.82) is 0 Å². The summed E-state index contributed by atoms with van der Waals surface area (Å²) in [4.78, 5) is 18.4. The molecule has 1 aromatic heterocycles. The summed E-state index contributed by atoms with van der Waals surface area (Å²) in [6.45, 7) is 0. The fourth-order valence-corrected chi connectivity index (χ4v) is 1.04. The van der Waals surface area contributed by atoms with E-state index in [1.165, 1.54) is 14.2 Å². The van der Waals surface area contributed by atoms with Crippen LogP contribution in [0.4, 0.5) is 0 Å². The lowest BCUT2D eigenvalue weighted by Gasteiger charge is -2.04. The van der Waals surface area contributed by atoms with Gasteiger partial charge in [-0.1, -0.05) is 12.2 Å². The molecule has 16 heavy (non-hydrogen) atoms. The van der Waals surface area contributed by atoms with E-state index in [1.54, 1.807) is 18.3 Å². The largest absolute Gasteiger partial charge is 0.480 e. The maximum absolute atomic E-state index is 10.5. The van der Waals surface area contributed by atoms with E-state index in [4.69, 9.17) is 15.2 Å². The summed E-state index contributed by atoms with van der Waals surface area (Å²) >= 11 is 0. The summed E-state index contributed by atoms with van der Waals surface area (Å²) in [6, 6.07) is 0.226. The molecule has 1 heterocycles. The summed E-state index contributed by atoms with van der Waals surface area (Å²) in [5, 5.41) is 0. The van der Waals surface area contributed by atoms with Gasteiger partial charge in [-0.3, -0.25) is 4.79 Å². The maximum atomic E-state index is 10.5. The highest BCUT2D eigenvalue weighted by molar-refractivity contribution is 5.76. The van der Waals surface area contributed by atoms with Crippen LogP contribution in [0.2, 0.25) is 0 Å². The van der Waals surface area contributed by atoms with Crippen LogP contribution in [0.25, 0.3) is 6.08 Å². The van der Waals surface area contributed by atoms with Gasteiger partial charge in [0.05, 0.1) is 19.8 Å². The average Bonchev–Trinajstić information content (AvgIpc) is 2.29. The Balaban J connectivity index is 2.87. The molecule has 0 radical (unpaired) electrons. The first kappa shape index (κ1) is 12.0. The van der Waals surface area contributed by atoms with Crippen LogP contribution in [-0.4, -0.2) is 30.1 Å². The van der Waals surface area contributed by atoms with Gasteiger partial charge in [0.25, 0.3) is 0 Å². The summed E-state index contributed by atoms with van der Waals surface area (Å²) in [7, 11) is 2.96. The van der Waals surface area contributed by atoms with Gasteiger partial charge in [0, 0.05) is 12.6 Å². The molecule has 1 aromatic rings. The molecule has 0 aliphatic rings. The topological polar surface area (TPSA) is 87.3 Å². The fourth-order valence-electron chi connectivity index (χ4n) is 1.04. The van der Waals surface area contributed by atoms with Gasteiger partial charge >= 0.3 is 6.01 Å². The molecular formula is C10H13N3O3. The molecule has 2 N–H and O–H groups in total. The molecule has 1 amide bonds. The number of rotatable bonds is 5. The number of nitrogens with two attached hydrogens (primary N) is 1. The van der Waals surface area contributed by atoms with E-state index in [0.29, 0.717) is 11.4 Å². The minimum Gasteiger partial charge on any atom is -0.480 e. The van der Waals surface area contributed by atoms with Crippen LogP contribution in [0.3, 0.4) is 0 Å². The molecule has 0 spiro atoms. The van der Waals surface area contributed by atoms with Gasteiger partial charge in [0.15, 0.2) is 0 Å². The highest BCUT2D eigenvalue weighted by Gasteiger charge is 2.04. The van der Waals surface area contributed by atoms with Gasteiger partial charge in [0.1, 0.15) is 0 Å². The monoisotopic (exact) mass is 223 g/mol. The number of hydrogen-bond donors (Lipinski definition) is 1. The number of nitrogens with zero attached hydrogens (tertiary/aromatic N) is 2. The average molecular weight is 223 g/mol. The summed E-state index contributed by atoms with van der Waals surface area (Å²) in [6.07, 6.45) is 5.00. The van der Waals surface area contributed by atoms with Crippen LogP contribution in [0.5, 0.6) is 11.9 Å². The lowest BCUT2D eigenvalue weighted by atomic mass is 10.2. The lowest BCUT2D eigenvalue weighted by molar-refractivity contribution is -0.117. The first-order valence-electron chi connectivity index (χ1n) is 4.57. The Morgan fingerprint density at radius 1 is 1.50 bits per heavy atom. The molecule has 0 fully saturated rings. The Morgan fingerprint density at radius 2 is 2.25 bits per heavy atom. The van der Waals surface area contributed by atoms with Gasteiger partial charge in [-0.2, -0.15) is 4.98 Å². The Bertz CT molecular complexity index is 404. The molecule has 0 unspecified atom stereocenters. The first-order chi connectivity index (χ1) is 7.67. The molecule has 0 aliphatic heterocycles. The molecule has 86 valence electrons. The van der Waals surface area contributed by atoms with Crippen molar-refractivity contribution in [3.8, 4) is 11.9 Å². The van der Waals surface area contributed by atoms with Crippen molar-refractivity contribution in [2.24, 2.45) is 5.73 Å². The molecule has 0 saturated carbocycles. The Hall–Kier alpha value is -2.11. The predicted octanol–water partition coefficient (Wildman–Crippen LogP) is 0.382. The molecular weight excluding hydrogens is 210 g/mol. The molecule has 0 aromatic carbocycles. The normalized spacial score (nSPS) is 10.4. The number of methoxy groups -OCH3 is 2. The van der Waals surface area contributed by atoms with Crippen LogP contribution >= 0.6 is 0 Å². The molecule has 0 atom stereocenters. The van der Waals surface area contributed by atoms with Crippen molar-refractivity contribution in [3.63, 3.8) is 0 Å². The Morgan fingerprint density at radius 3 is 2.81 bits per heavy atom. The van der Waals surface area contributed by atoms with Gasteiger partial charge in [-0.05, 0) is 0 Å². The number of carbonyl (C=O) groups excluding carboxylic acids is 1. The summed E-state index contributed by atoms with van der Waals surface area (Å²) in [5.74, 6) is -0.0165. The quantitative estimate of drug-likeness (QED) is 0.779. The van der Waals surface area contributed by atoms with Crippen LogP contribution < -0.4 is 15.2 Å². The van der Waals surface area contributed by atoms with E-state index < -0.39 is 5.91 Å². The van der Waals surface area contributed by atoms with Crippen LogP contribution in [-0.2, 0) is 4.79 Å². The van der Waals surface area contributed by atoms with E-state index in [1.807, 2.05) is 0 Å². The predicted molar refractivity (Wildman–Crippen MR) is 58.0 cm³/mol. The Kier molecular flexibility index (Phi) is 4.26. The third kappa shape index (κ3) is 3.23. The van der Waals surface area contributed by atoms with E-state index in [-0.39, 0.29) is 12.4 Å². The van der Waals surface area contributed by atoms with Crippen LogP contribution in [0.1, 0.15) is 12.0 Å². The minimum atomic E-state index is -0.398. The molecule has 0 bridgehead atoms. The van der Waals surface area contributed by atoms with Gasteiger partial charge in [0.2, 0.25) is 11.8 Å². The zero-order valence-electron chi connectivity index (χ0n) is 9.14. The molecule has 1 rings (SSSR count). The fraction of sp³-hybridized carbons (Fsp3) is 0.300. The number of amides is 1. The summed E-state index contributed by atoms with van der Waals surface area (Å²) < 4.78 is 9.90. The molecule has 0 saturated heterocycles. The smallest absolute Gasteiger partial charge is 0.319 e. The number of aromatic nitrogens is 2. The molecule has 6 nitrogen and oxygen atoms in total. The molecule has 0 aliphatic carbocycles. The second-order valence-corrected chi connectivity index (χ2v) is 2.89. The summed E-state index contributed by atoms with van der Waals surface area (Å²) in [5.41, 5.74) is 5.66. The van der Waals surface area contributed by atoms with Crippen LogP contribution in [0, 0.1) is 0 Å². The van der Waals surface area contributed by atoms with Crippen molar-refractivity contribution in [1.82, 2.24) is 9.97 Å². The third-order valence-corrected chi connectivity index (χ3v) is 1.75. The number of carbonyl (C=O) groups is 1. The van der Waals surface area contributed by atoms with E-state index >= 15 is 0 Å². The van der Waals surface area contributed by atoms with Gasteiger partial charge in [-0.25, -0.2) is 4.98 Å². The zero-order valence-corrected chi connectivity index (χ0v) is 9.14. The number of hydrogen-bond acceptors (Lipinski definition) is 5. The van der Waals surface area contributed by atoms with Gasteiger partial charge in [-0.15, -0.1) is 0 Å². The van der Waals surface area contributed by atoms with E-state index in [0.717, 1.165) is 0 Å². The minimum absolute atomic E-state index is 0.162. The highest BCUT2D eigenvalue weighted by Crippen LogP contribution is 2.18. The van der Waals surface area contributed by atoms with E-state index in [9.17, 15) is 4.79 Å².